The molecule has 1 rings (SSSR count). The fourth-order valence-corrected chi connectivity index (χ4v) is 0.684. The molecular weight excluding hydrogens is 142 g/mol. The van der Waals surface area contributed by atoms with Gasteiger partial charge in [0, 0.05) is 0 Å². The average Bonchev–Trinajstić information content (AvgIpc) is 2.06. The summed E-state index contributed by atoms with van der Waals surface area (Å²) in [5.74, 6) is 0.604. The molecule has 0 aliphatic rings. The zero-order chi connectivity index (χ0) is 8.10. The topological polar surface area (TPSA) is 52.3 Å². The van der Waals surface area contributed by atoms with Gasteiger partial charge >= 0.3 is 0 Å². The molecule has 0 saturated heterocycles. The minimum absolute atomic E-state index is 0.549. The molecule has 0 heterocycles. The van der Waals surface area contributed by atoms with Gasteiger partial charge in [0.05, 0.1) is 0 Å². The number of benzene rings is 1. The molecular formula is C8H9NO2. The van der Waals surface area contributed by atoms with Gasteiger partial charge in [0.1, 0.15) is 5.75 Å². The third kappa shape index (κ3) is 2.39. The highest BCUT2D eigenvalue weighted by Crippen LogP contribution is 2.08. The fourth-order valence-electron chi connectivity index (χ4n) is 0.684. The van der Waals surface area contributed by atoms with Crippen LogP contribution < -0.4 is 10.5 Å². The molecule has 1 aromatic carbocycles. The summed E-state index contributed by atoms with van der Waals surface area (Å²) in [5, 5.41) is 0. The minimum atomic E-state index is -0.864. The first kappa shape index (κ1) is 7.75. The molecule has 11 heavy (non-hydrogen) atoms. The Morgan fingerprint density at radius 3 is 2.55 bits per heavy atom. The summed E-state index contributed by atoms with van der Waals surface area (Å²) in [6.07, 6.45) is -0.315. The van der Waals surface area contributed by atoms with Gasteiger partial charge in [-0.3, -0.25) is 10.5 Å². The van der Waals surface area contributed by atoms with Crippen molar-refractivity contribution in [2.24, 2.45) is 5.73 Å². The predicted molar refractivity (Wildman–Crippen MR) is 41.1 cm³/mol. The Bertz CT molecular complexity index is 223. The van der Waals surface area contributed by atoms with E-state index < -0.39 is 6.23 Å². The molecule has 0 aliphatic carbocycles. The maximum absolute atomic E-state index is 10.1. The molecule has 3 heteroatoms. The molecule has 0 aliphatic heterocycles. The Labute approximate surface area is 64.8 Å². The van der Waals surface area contributed by atoms with Gasteiger partial charge < -0.3 is 4.74 Å². The molecule has 1 unspecified atom stereocenters. The van der Waals surface area contributed by atoms with Crippen molar-refractivity contribution in [2.45, 2.75) is 6.23 Å². The highest BCUT2D eigenvalue weighted by Gasteiger charge is 1.98. The van der Waals surface area contributed by atoms with Gasteiger partial charge in [-0.1, -0.05) is 18.2 Å². The lowest BCUT2D eigenvalue weighted by Crippen LogP contribution is -2.28. The van der Waals surface area contributed by atoms with Crippen LogP contribution in [-0.4, -0.2) is 12.5 Å². The SMILES string of the molecule is NC(C=O)Oc1ccccc1. The van der Waals surface area contributed by atoms with Gasteiger partial charge in [-0.2, -0.15) is 0 Å². The number of hydrogen-bond donors (Lipinski definition) is 1. The summed E-state index contributed by atoms with van der Waals surface area (Å²) in [7, 11) is 0. The normalized spacial score (nSPS) is 12.1. The largest absolute Gasteiger partial charge is 0.469 e. The first-order valence-corrected chi connectivity index (χ1v) is 3.25. The molecule has 1 aromatic rings. The van der Waals surface area contributed by atoms with Gasteiger partial charge in [-0.15, -0.1) is 0 Å². The second-order valence-electron chi connectivity index (χ2n) is 2.03. The number of carbonyl (C=O) groups excluding carboxylic acids is 1. The molecule has 0 radical (unpaired) electrons. The van der Waals surface area contributed by atoms with E-state index in [0.717, 1.165) is 0 Å². The summed E-state index contributed by atoms with van der Waals surface area (Å²) >= 11 is 0. The quantitative estimate of drug-likeness (QED) is 0.507. The zero-order valence-corrected chi connectivity index (χ0v) is 5.94. The lowest BCUT2D eigenvalue weighted by atomic mass is 10.3. The van der Waals surface area contributed by atoms with Crippen molar-refractivity contribution in [3.05, 3.63) is 30.3 Å². The van der Waals surface area contributed by atoms with Crippen molar-refractivity contribution < 1.29 is 9.53 Å². The van der Waals surface area contributed by atoms with Crippen LogP contribution >= 0.6 is 0 Å². The Morgan fingerprint density at radius 2 is 2.00 bits per heavy atom. The Balaban J connectivity index is 2.57. The summed E-state index contributed by atoms with van der Waals surface area (Å²) < 4.78 is 4.97. The van der Waals surface area contributed by atoms with E-state index in [0.29, 0.717) is 12.0 Å². The van der Waals surface area contributed by atoms with Crippen molar-refractivity contribution in [3.8, 4) is 5.75 Å². The van der Waals surface area contributed by atoms with E-state index in [-0.39, 0.29) is 0 Å². The molecule has 58 valence electrons. The van der Waals surface area contributed by atoms with Crippen molar-refractivity contribution in [1.82, 2.24) is 0 Å². The van der Waals surface area contributed by atoms with E-state index in [2.05, 4.69) is 0 Å². The first-order chi connectivity index (χ1) is 5.33. The second kappa shape index (κ2) is 3.73. The van der Waals surface area contributed by atoms with Gasteiger partial charge in [0.2, 0.25) is 6.23 Å². The van der Waals surface area contributed by atoms with Gasteiger partial charge in [0.15, 0.2) is 6.29 Å². The van der Waals surface area contributed by atoms with Crippen LogP contribution in [0.25, 0.3) is 0 Å². The van der Waals surface area contributed by atoms with Crippen LogP contribution in [0, 0.1) is 0 Å². The lowest BCUT2D eigenvalue weighted by molar-refractivity contribution is -0.113. The van der Waals surface area contributed by atoms with Crippen molar-refractivity contribution >= 4 is 6.29 Å². The first-order valence-electron chi connectivity index (χ1n) is 3.25. The number of aldehydes is 1. The van der Waals surface area contributed by atoms with Crippen LogP contribution in [-0.2, 0) is 4.79 Å². The van der Waals surface area contributed by atoms with Crippen LogP contribution in [0.3, 0.4) is 0 Å². The molecule has 0 saturated carbocycles. The van der Waals surface area contributed by atoms with Crippen molar-refractivity contribution in [2.75, 3.05) is 0 Å². The molecule has 0 spiro atoms. The molecule has 0 amide bonds. The maximum atomic E-state index is 10.1. The summed E-state index contributed by atoms with van der Waals surface area (Å²) in [6.45, 7) is 0. The van der Waals surface area contributed by atoms with Gasteiger partial charge in [-0.25, -0.2) is 0 Å². The highest BCUT2D eigenvalue weighted by molar-refractivity contribution is 5.55. The van der Waals surface area contributed by atoms with Crippen molar-refractivity contribution in [1.29, 1.82) is 0 Å². The van der Waals surface area contributed by atoms with Gasteiger partial charge in [0.25, 0.3) is 0 Å². The highest BCUT2D eigenvalue weighted by atomic mass is 16.5. The summed E-state index contributed by atoms with van der Waals surface area (Å²) in [4.78, 5) is 10.1. The van der Waals surface area contributed by atoms with E-state index in [4.69, 9.17) is 10.5 Å². The zero-order valence-electron chi connectivity index (χ0n) is 5.94. The van der Waals surface area contributed by atoms with E-state index >= 15 is 0 Å². The number of nitrogens with two attached hydrogens (primary N) is 1. The van der Waals surface area contributed by atoms with Crippen LogP contribution in [0.5, 0.6) is 5.75 Å². The number of rotatable bonds is 3. The molecule has 1 atom stereocenters. The monoisotopic (exact) mass is 151 g/mol. The number of ether oxygens (including phenoxy) is 1. The molecule has 0 bridgehead atoms. The minimum Gasteiger partial charge on any atom is -0.469 e. The van der Waals surface area contributed by atoms with E-state index in [1.165, 1.54) is 0 Å². The second-order valence-corrected chi connectivity index (χ2v) is 2.03. The molecule has 3 nitrogen and oxygen atoms in total. The predicted octanol–water partition coefficient (Wildman–Crippen LogP) is 0.549. The Kier molecular flexibility index (Phi) is 2.63. The molecule has 0 aromatic heterocycles. The summed E-state index contributed by atoms with van der Waals surface area (Å²) in [5.41, 5.74) is 5.21. The standard InChI is InChI=1S/C8H9NO2/c9-8(6-10)11-7-4-2-1-3-5-7/h1-6,8H,9H2. The number of hydrogen-bond acceptors (Lipinski definition) is 3. The van der Waals surface area contributed by atoms with Crippen molar-refractivity contribution in [3.63, 3.8) is 0 Å². The van der Waals surface area contributed by atoms with Gasteiger partial charge in [-0.05, 0) is 12.1 Å². The third-order valence-corrected chi connectivity index (χ3v) is 1.15. The molecule has 0 fully saturated rings. The number of para-hydroxylation sites is 1. The average molecular weight is 151 g/mol. The van der Waals surface area contributed by atoms with E-state index in [9.17, 15) is 4.79 Å². The van der Waals surface area contributed by atoms with Crippen LogP contribution in [0.4, 0.5) is 0 Å². The maximum Gasteiger partial charge on any atom is 0.204 e. The number of carbonyl (C=O) groups is 1. The smallest absolute Gasteiger partial charge is 0.204 e. The van der Waals surface area contributed by atoms with Crippen LogP contribution in [0.2, 0.25) is 0 Å². The van der Waals surface area contributed by atoms with Crippen LogP contribution in [0.1, 0.15) is 0 Å². The summed E-state index contributed by atoms with van der Waals surface area (Å²) in [6, 6.07) is 8.96. The third-order valence-electron chi connectivity index (χ3n) is 1.15. The Hall–Kier alpha value is -1.35. The Morgan fingerprint density at radius 1 is 1.36 bits per heavy atom. The van der Waals surface area contributed by atoms with E-state index in [1.807, 2.05) is 18.2 Å². The lowest BCUT2D eigenvalue weighted by Gasteiger charge is -2.06. The van der Waals surface area contributed by atoms with E-state index in [1.54, 1.807) is 12.1 Å². The van der Waals surface area contributed by atoms with Crippen LogP contribution in [0.15, 0.2) is 30.3 Å². The fraction of sp³-hybridized carbons (Fsp3) is 0.125. The molecule has 2 N–H and O–H groups in total.